The van der Waals surface area contributed by atoms with Crippen molar-refractivity contribution in [2.75, 3.05) is 0 Å². The second-order valence-electron chi connectivity index (χ2n) is 3.47. The maximum Gasteiger partial charge on any atom is 0.238 e. The molecule has 0 saturated heterocycles. The zero-order valence-electron chi connectivity index (χ0n) is 9.21. The summed E-state index contributed by atoms with van der Waals surface area (Å²) in [7, 11) is 0. The summed E-state index contributed by atoms with van der Waals surface area (Å²) in [5.41, 5.74) is 6.95. The monoisotopic (exact) mass is 232 g/mol. The molecule has 17 heavy (non-hydrogen) atoms. The summed E-state index contributed by atoms with van der Waals surface area (Å²) < 4.78 is 5.54. The van der Waals surface area contributed by atoms with E-state index in [1.807, 2.05) is 6.92 Å². The summed E-state index contributed by atoms with van der Waals surface area (Å²) in [6.45, 7) is 1.87. The van der Waals surface area contributed by atoms with E-state index in [0.29, 0.717) is 17.2 Å². The van der Waals surface area contributed by atoms with Crippen molar-refractivity contribution in [2.45, 2.75) is 6.92 Å². The molecule has 1 aromatic heterocycles. The van der Waals surface area contributed by atoms with Crippen LogP contribution in [0.5, 0.6) is 11.6 Å². The number of benzene rings is 1. The van der Waals surface area contributed by atoms with Crippen LogP contribution in [0.1, 0.15) is 11.3 Å². The minimum absolute atomic E-state index is 0.00661. The molecule has 0 saturated carbocycles. The SMILES string of the molecule is Cc1cc(Oc2ccccc2/C(N)=N/O)n[nH]1. The van der Waals surface area contributed by atoms with Crippen molar-refractivity contribution in [2.24, 2.45) is 10.9 Å². The topological polar surface area (TPSA) is 96.5 Å². The van der Waals surface area contributed by atoms with E-state index in [4.69, 9.17) is 15.7 Å². The highest BCUT2D eigenvalue weighted by atomic mass is 16.5. The number of aromatic amines is 1. The number of para-hydroxylation sites is 1. The lowest BCUT2D eigenvalue weighted by molar-refractivity contribution is 0.318. The van der Waals surface area contributed by atoms with Gasteiger partial charge in [0.15, 0.2) is 5.84 Å². The summed E-state index contributed by atoms with van der Waals surface area (Å²) in [6, 6.07) is 8.74. The first-order chi connectivity index (χ1) is 8.20. The largest absolute Gasteiger partial charge is 0.437 e. The van der Waals surface area contributed by atoms with Crippen LogP contribution in [0.4, 0.5) is 0 Å². The quantitative estimate of drug-likeness (QED) is 0.324. The molecule has 0 fully saturated rings. The highest BCUT2D eigenvalue weighted by Gasteiger charge is 2.09. The zero-order valence-corrected chi connectivity index (χ0v) is 9.21. The smallest absolute Gasteiger partial charge is 0.238 e. The van der Waals surface area contributed by atoms with Crippen molar-refractivity contribution >= 4 is 5.84 Å². The van der Waals surface area contributed by atoms with E-state index in [1.165, 1.54) is 0 Å². The molecule has 1 aromatic carbocycles. The summed E-state index contributed by atoms with van der Waals surface area (Å²) in [6.07, 6.45) is 0. The van der Waals surface area contributed by atoms with Gasteiger partial charge in [0.1, 0.15) is 5.75 Å². The van der Waals surface area contributed by atoms with Gasteiger partial charge in [-0.05, 0) is 19.1 Å². The highest BCUT2D eigenvalue weighted by Crippen LogP contribution is 2.23. The minimum atomic E-state index is -0.00661. The third-order valence-electron chi connectivity index (χ3n) is 2.17. The number of hydrogen-bond acceptors (Lipinski definition) is 4. The van der Waals surface area contributed by atoms with Crippen molar-refractivity contribution in [1.29, 1.82) is 0 Å². The van der Waals surface area contributed by atoms with Crippen LogP contribution < -0.4 is 10.5 Å². The fourth-order valence-corrected chi connectivity index (χ4v) is 1.38. The number of oxime groups is 1. The predicted molar refractivity (Wildman–Crippen MR) is 62.4 cm³/mol. The first-order valence-corrected chi connectivity index (χ1v) is 4.97. The Morgan fingerprint density at radius 2 is 2.24 bits per heavy atom. The molecule has 0 amide bonds. The maximum atomic E-state index is 8.67. The molecule has 2 rings (SSSR count). The Balaban J connectivity index is 2.32. The van der Waals surface area contributed by atoms with E-state index < -0.39 is 0 Å². The third kappa shape index (κ3) is 2.36. The molecule has 0 radical (unpaired) electrons. The first kappa shape index (κ1) is 11.0. The molecule has 0 bridgehead atoms. The van der Waals surface area contributed by atoms with Gasteiger partial charge in [-0.25, -0.2) is 0 Å². The molecule has 6 heteroatoms. The van der Waals surface area contributed by atoms with E-state index in [-0.39, 0.29) is 5.84 Å². The van der Waals surface area contributed by atoms with Crippen LogP contribution in [0.2, 0.25) is 0 Å². The van der Waals surface area contributed by atoms with E-state index in [9.17, 15) is 0 Å². The Bertz CT molecular complexity index is 548. The van der Waals surface area contributed by atoms with Crippen LogP contribution >= 0.6 is 0 Å². The van der Waals surface area contributed by atoms with Gasteiger partial charge in [0.05, 0.1) is 5.56 Å². The van der Waals surface area contributed by atoms with Crippen molar-refractivity contribution < 1.29 is 9.94 Å². The third-order valence-corrected chi connectivity index (χ3v) is 2.17. The van der Waals surface area contributed by atoms with Gasteiger partial charge in [-0.2, -0.15) is 0 Å². The summed E-state index contributed by atoms with van der Waals surface area (Å²) >= 11 is 0. The fraction of sp³-hybridized carbons (Fsp3) is 0.0909. The number of nitrogens with zero attached hydrogens (tertiary/aromatic N) is 2. The van der Waals surface area contributed by atoms with Gasteiger partial charge in [0, 0.05) is 11.8 Å². The van der Waals surface area contributed by atoms with Gasteiger partial charge in [0.25, 0.3) is 0 Å². The van der Waals surface area contributed by atoms with Gasteiger partial charge in [-0.15, -0.1) is 5.10 Å². The number of H-pyrrole nitrogens is 1. The van der Waals surface area contributed by atoms with E-state index in [2.05, 4.69) is 15.4 Å². The molecule has 0 spiro atoms. The number of hydrogen-bond donors (Lipinski definition) is 3. The van der Waals surface area contributed by atoms with E-state index in [1.54, 1.807) is 30.3 Å². The zero-order chi connectivity index (χ0) is 12.3. The first-order valence-electron chi connectivity index (χ1n) is 4.97. The van der Waals surface area contributed by atoms with Crippen molar-refractivity contribution in [1.82, 2.24) is 10.2 Å². The molecule has 0 aliphatic heterocycles. The van der Waals surface area contributed by atoms with E-state index in [0.717, 1.165) is 5.69 Å². The normalized spacial score (nSPS) is 11.5. The van der Waals surface area contributed by atoms with Crippen LogP contribution in [-0.2, 0) is 0 Å². The lowest BCUT2D eigenvalue weighted by atomic mass is 10.2. The molecule has 0 unspecified atom stereocenters. The second kappa shape index (κ2) is 4.56. The maximum absolute atomic E-state index is 8.67. The number of aryl methyl sites for hydroxylation is 1. The van der Waals surface area contributed by atoms with Crippen molar-refractivity contribution in [3.63, 3.8) is 0 Å². The average molecular weight is 232 g/mol. The van der Waals surface area contributed by atoms with Gasteiger partial charge >= 0.3 is 0 Å². The number of nitrogens with one attached hydrogen (secondary N) is 1. The summed E-state index contributed by atoms with van der Waals surface area (Å²) in [5, 5.41) is 18.3. The molecular weight excluding hydrogens is 220 g/mol. The molecule has 0 aliphatic rings. The number of rotatable bonds is 3. The summed E-state index contributed by atoms with van der Waals surface area (Å²) in [4.78, 5) is 0. The average Bonchev–Trinajstić information content (AvgIpc) is 2.74. The number of ether oxygens (including phenoxy) is 1. The van der Waals surface area contributed by atoms with Crippen LogP contribution in [0.25, 0.3) is 0 Å². The van der Waals surface area contributed by atoms with Gasteiger partial charge in [-0.1, -0.05) is 17.3 Å². The molecule has 4 N–H and O–H groups in total. The van der Waals surface area contributed by atoms with Crippen molar-refractivity contribution in [3.8, 4) is 11.6 Å². The molecule has 6 nitrogen and oxygen atoms in total. The Kier molecular flexibility index (Phi) is 2.95. The Hall–Kier alpha value is -2.50. The Morgan fingerprint density at radius 3 is 2.88 bits per heavy atom. The standard InChI is InChI=1S/C11H12N4O2/c1-7-6-10(14-13-7)17-9-5-3-2-4-8(9)11(12)15-16/h2-6,16H,1H3,(H2,12,15)(H,13,14). The number of amidine groups is 1. The number of aromatic nitrogens is 2. The molecular formula is C11H12N4O2. The number of nitrogens with two attached hydrogens (primary N) is 1. The summed E-state index contributed by atoms with van der Waals surface area (Å²) in [5.74, 6) is 0.905. The van der Waals surface area contributed by atoms with E-state index >= 15 is 0 Å². The lowest BCUT2D eigenvalue weighted by Crippen LogP contribution is -2.14. The predicted octanol–water partition coefficient (Wildman–Crippen LogP) is 1.60. The van der Waals surface area contributed by atoms with Gasteiger partial charge in [-0.3, -0.25) is 5.10 Å². The highest BCUT2D eigenvalue weighted by molar-refractivity contribution is 5.99. The van der Waals surface area contributed by atoms with Crippen LogP contribution in [0, 0.1) is 6.92 Å². The lowest BCUT2D eigenvalue weighted by Gasteiger charge is -2.07. The van der Waals surface area contributed by atoms with Crippen molar-refractivity contribution in [3.05, 3.63) is 41.6 Å². The molecule has 0 atom stereocenters. The molecule has 0 aliphatic carbocycles. The Labute approximate surface area is 97.7 Å². The van der Waals surface area contributed by atoms with Gasteiger partial charge < -0.3 is 15.7 Å². The second-order valence-corrected chi connectivity index (χ2v) is 3.47. The molecule has 1 heterocycles. The molecule has 88 valence electrons. The fourth-order valence-electron chi connectivity index (χ4n) is 1.38. The minimum Gasteiger partial charge on any atom is -0.437 e. The Morgan fingerprint density at radius 1 is 1.47 bits per heavy atom. The van der Waals surface area contributed by atoms with Crippen LogP contribution in [0.3, 0.4) is 0 Å². The van der Waals surface area contributed by atoms with Crippen LogP contribution in [0.15, 0.2) is 35.5 Å². The molecule has 2 aromatic rings. The van der Waals surface area contributed by atoms with Crippen LogP contribution in [-0.4, -0.2) is 21.2 Å². The van der Waals surface area contributed by atoms with Gasteiger partial charge in [0.2, 0.25) is 5.88 Å².